The largest absolute Gasteiger partial charge is 0.458 e. The van der Waals surface area contributed by atoms with E-state index in [1.165, 1.54) is 23.2 Å². The van der Waals surface area contributed by atoms with Gasteiger partial charge in [0.1, 0.15) is 25.5 Å². The highest BCUT2D eigenvalue weighted by Gasteiger charge is 2.39. The SMILES string of the molecule is CCCN(CCc1ccccc1)C[N+]12CC=CC1=COc1ccccc1C2. The van der Waals surface area contributed by atoms with E-state index in [1.54, 1.807) is 0 Å². The van der Waals surface area contributed by atoms with E-state index >= 15 is 0 Å². The lowest BCUT2D eigenvalue weighted by Gasteiger charge is -2.38. The third-order valence-corrected chi connectivity index (χ3v) is 5.61. The molecule has 4 rings (SSSR count). The van der Waals surface area contributed by atoms with Gasteiger partial charge in [0.05, 0.1) is 0 Å². The van der Waals surface area contributed by atoms with Gasteiger partial charge in [0.25, 0.3) is 0 Å². The predicted octanol–water partition coefficient (Wildman–Crippen LogP) is 4.72. The molecular formula is C24H29N2O+. The van der Waals surface area contributed by atoms with Gasteiger partial charge in [-0.15, -0.1) is 0 Å². The van der Waals surface area contributed by atoms with Crippen LogP contribution in [0.25, 0.3) is 0 Å². The first-order valence-corrected chi connectivity index (χ1v) is 10.0. The molecule has 140 valence electrons. The number of allylic oxidation sites excluding steroid dienone is 1. The predicted molar refractivity (Wildman–Crippen MR) is 110 cm³/mol. The fraction of sp³-hybridized carbons (Fsp3) is 0.333. The van der Waals surface area contributed by atoms with E-state index in [4.69, 9.17) is 4.74 Å². The van der Waals surface area contributed by atoms with Gasteiger partial charge in [0.2, 0.25) is 0 Å². The number of hydrogen-bond donors (Lipinski definition) is 0. The molecule has 0 N–H and O–H groups in total. The highest BCUT2D eigenvalue weighted by Crippen LogP contribution is 2.35. The van der Waals surface area contributed by atoms with Crippen LogP contribution >= 0.6 is 0 Å². The molecule has 27 heavy (non-hydrogen) atoms. The fourth-order valence-corrected chi connectivity index (χ4v) is 4.22. The van der Waals surface area contributed by atoms with Crippen LogP contribution in [0.15, 0.2) is 78.7 Å². The molecule has 0 saturated heterocycles. The van der Waals surface area contributed by atoms with Gasteiger partial charge in [0.15, 0.2) is 12.0 Å². The zero-order valence-electron chi connectivity index (χ0n) is 16.2. The lowest BCUT2D eigenvalue weighted by Crippen LogP contribution is -2.51. The summed E-state index contributed by atoms with van der Waals surface area (Å²) >= 11 is 0. The maximum atomic E-state index is 6.01. The normalized spacial score (nSPS) is 20.6. The Morgan fingerprint density at radius 3 is 2.67 bits per heavy atom. The van der Waals surface area contributed by atoms with Gasteiger partial charge in [-0.05, 0) is 36.6 Å². The van der Waals surface area contributed by atoms with Crippen molar-refractivity contribution in [1.29, 1.82) is 0 Å². The van der Waals surface area contributed by atoms with Crippen molar-refractivity contribution >= 4 is 0 Å². The average Bonchev–Trinajstić information content (AvgIpc) is 3.01. The molecule has 0 fully saturated rings. The molecule has 2 aromatic carbocycles. The third kappa shape index (κ3) is 4.00. The number of quaternary nitrogens is 1. The molecule has 0 spiro atoms. The molecule has 3 heteroatoms. The van der Waals surface area contributed by atoms with Crippen LogP contribution in [0, 0.1) is 0 Å². The smallest absolute Gasteiger partial charge is 0.169 e. The van der Waals surface area contributed by atoms with Crippen molar-refractivity contribution in [2.45, 2.75) is 26.3 Å². The molecule has 2 heterocycles. The zero-order chi connectivity index (χ0) is 18.5. The van der Waals surface area contributed by atoms with Crippen molar-refractivity contribution in [2.24, 2.45) is 0 Å². The number of rotatable bonds is 7. The third-order valence-electron chi connectivity index (χ3n) is 5.61. The summed E-state index contributed by atoms with van der Waals surface area (Å²) in [6, 6.07) is 19.3. The second kappa shape index (κ2) is 8.12. The van der Waals surface area contributed by atoms with Gasteiger partial charge in [-0.25, -0.2) is 0 Å². The van der Waals surface area contributed by atoms with Gasteiger partial charge in [0, 0.05) is 24.7 Å². The standard InChI is InChI=1S/C24H29N2O/c1-2-15-25(16-14-21-9-4-3-5-10-21)20-26-17-8-12-23(26)19-27-24-13-7-6-11-22(24)18-26/h3-13,19H,2,14-18,20H2,1H3/q+1. The van der Waals surface area contributed by atoms with Crippen molar-refractivity contribution in [1.82, 2.24) is 4.90 Å². The summed E-state index contributed by atoms with van der Waals surface area (Å²) in [4.78, 5) is 2.63. The average molecular weight is 362 g/mol. The minimum atomic E-state index is 0.936. The van der Waals surface area contributed by atoms with E-state index < -0.39 is 0 Å². The van der Waals surface area contributed by atoms with Crippen LogP contribution in [0.4, 0.5) is 0 Å². The first kappa shape index (κ1) is 18.0. The van der Waals surface area contributed by atoms with Crippen LogP contribution < -0.4 is 4.74 Å². The molecule has 0 bridgehead atoms. The van der Waals surface area contributed by atoms with Crippen LogP contribution in [0.2, 0.25) is 0 Å². The molecule has 3 nitrogen and oxygen atoms in total. The summed E-state index contributed by atoms with van der Waals surface area (Å²) in [5.41, 5.74) is 4.00. The number of nitrogens with zero attached hydrogens (tertiary/aromatic N) is 2. The molecular weight excluding hydrogens is 332 g/mol. The minimum absolute atomic E-state index is 0.936. The van der Waals surface area contributed by atoms with E-state index in [9.17, 15) is 0 Å². The maximum absolute atomic E-state index is 6.01. The summed E-state index contributed by atoms with van der Waals surface area (Å²) < 4.78 is 6.95. The number of ether oxygens (including phenoxy) is 1. The van der Waals surface area contributed by atoms with Gasteiger partial charge in [-0.3, -0.25) is 9.38 Å². The Bertz CT molecular complexity index is 827. The first-order chi connectivity index (χ1) is 13.3. The van der Waals surface area contributed by atoms with Crippen molar-refractivity contribution in [3.05, 3.63) is 89.8 Å². The van der Waals surface area contributed by atoms with E-state index in [2.05, 4.69) is 78.6 Å². The number of benzene rings is 2. The summed E-state index contributed by atoms with van der Waals surface area (Å²) in [6.07, 6.45) is 8.78. The van der Waals surface area contributed by atoms with E-state index in [0.717, 1.165) is 49.5 Å². The molecule has 2 aliphatic rings. The monoisotopic (exact) mass is 361 g/mol. The Hall–Kier alpha value is -2.36. The Morgan fingerprint density at radius 1 is 1.00 bits per heavy atom. The molecule has 0 radical (unpaired) electrons. The minimum Gasteiger partial charge on any atom is -0.458 e. The first-order valence-electron chi connectivity index (χ1n) is 10.0. The fourth-order valence-electron chi connectivity index (χ4n) is 4.22. The topological polar surface area (TPSA) is 12.5 Å². The molecule has 0 aliphatic carbocycles. The summed E-state index contributed by atoms with van der Waals surface area (Å²) in [7, 11) is 0. The second-order valence-electron chi connectivity index (χ2n) is 7.65. The summed E-state index contributed by atoms with van der Waals surface area (Å²) in [6.45, 7) is 7.54. The number of hydrogen-bond acceptors (Lipinski definition) is 2. The molecule has 0 amide bonds. The van der Waals surface area contributed by atoms with Gasteiger partial charge < -0.3 is 4.74 Å². The number of fused-ring (bicyclic) bond motifs is 2. The van der Waals surface area contributed by atoms with E-state index in [0.29, 0.717) is 0 Å². The Labute approximate surface area is 162 Å². The maximum Gasteiger partial charge on any atom is 0.169 e. The molecule has 0 saturated carbocycles. The van der Waals surface area contributed by atoms with Gasteiger partial charge in [-0.2, -0.15) is 0 Å². The quantitative estimate of drug-likeness (QED) is 0.662. The highest BCUT2D eigenvalue weighted by atomic mass is 16.5. The Morgan fingerprint density at radius 2 is 1.81 bits per heavy atom. The Balaban J connectivity index is 1.53. The summed E-state index contributed by atoms with van der Waals surface area (Å²) in [5.74, 6) is 0.997. The van der Waals surface area contributed by atoms with E-state index in [1.807, 2.05) is 6.26 Å². The molecule has 1 unspecified atom stereocenters. The zero-order valence-corrected chi connectivity index (χ0v) is 16.2. The lowest BCUT2D eigenvalue weighted by molar-refractivity contribution is -0.903. The van der Waals surface area contributed by atoms with Crippen molar-refractivity contribution in [2.75, 3.05) is 26.3 Å². The van der Waals surface area contributed by atoms with Gasteiger partial charge in [-0.1, -0.05) is 49.4 Å². The van der Waals surface area contributed by atoms with Crippen LogP contribution in [0.5, 0.6) is 5.75 Å². The Kier molecular flexibility index (Phi) is 5.42. The van der Waals surface area contributed by atoms with Crippen LogP contribution in [-0.2, 0) is 13.0 Å². The highest BCUT2D eigenvalue weighted by molar-refractivity contribution is 5.35. The second-order valence-corrected chi connectivity index (χ2v) is 7.65. The molecule has 1 atom stereocenters. The van der Waals surface area contributed by atoms with Crippen LogP contribution in [0.3, 0.4) is 0 Å². The lowest BCUT2D eigenvalue weighted by atomic mass is 10.1. The van der Waals surface area contributed by atoms with Crippen LogP contribution in [-0.4, -0.2) is 35.7 Å². The van der Waals surface area contributed by atoms with Gasteiger partial charge >= 0.3 is 0 Å². The molecule has 0 aromatic heterocycles. The van der Waals surface area contributed by atoms with Crippen LogP contribution in [0.1, 0.15) is 24.5 Å². The number of para-hydroxylation sites is 1. The molecule has 2 aromatic rings. The molecule has 2 aliphatic heterocycles. The summed E-state index contributed by atoms with van der Waals surface area (Å²) in [5, 5.41) is 0. The van der Waals surface area contributed by atoms with Crippen molar-refractivity contribution in [3.63, 3.8) is 0 Å². The van der Waals surface area contributed by atoms with Crippen molar-refractivity contribution in [3.8, 4) is 5.75 Å². The van der Waals surface area contributed by atoms with E-state index in [-0.39, 0.29) is 0 Å². The van der Waals surface area contributed by atoms with Crippen molar-refractivity contribution < 1.29 is 9.22 Å².